The molecule has 0 aliphatic carbocycles. The smallest absolute Gasteiger partial charge is 0.0603 e. The zero-order chi connectivity index (χ0) is 12.3. The number of hydrogen-bond donors (Lipinski definition) is 1. The molecule has 0 aliphatic rings. The summed E-state index contributed by atoms with van der Waals surface area (Å²) >= 11 is 1.88. The summed E-state index contributed by atoms with van der Waals surface area (Å²) in [6, 6.07) is 8.81. The van der Waals surface area contributed by atoms with Crippen LogP contribution >= 0.6 is 11.3 Å². The molecule has 17 heavy (non-hydrogen) atoms. The van der Waals surface area contributed by atoms with Crippen molar-refractivity contribution in [3.63, 3.8) is 0 Å². The molecule has 0 bridgehead atoms. The van der Waals surface area contributed by atoms with Gasteiger partial charge in [0, 0.05) is 16.0 Å². The molecule has 0 saturated carbocycles. The van der Waals surface area contributed by atoms with E-state index >= 15 is 0 Å². The predicted octanol–water partition coefficient (Wildman–Crippen LogP) is 4.19. The molecule has 2 rings (SSSR count). The Morgan fingerprint density at radius 3 is 2.82 bits per heavy atom. The van der Waals surface area contributed by atoms with Crippen molar-refractivity contribution in [2.45, 2.75) is 33.2 Å². The molecule has 1 unspecified atom stereocenters. The van der Waals surface area contributed by atoms with Crippen LogP contribution in [0.15, 0.2) is 30.5 Å². The molecule has 90 valence electrons. The third kappa shape index (κ3) is 2.86. The predicted molar refractivity (Wildman–Crippen MR) is 74.7 cm³/mol. The highest BCUT2D eigenvalue weighted by Crippen LogP contribution is 2.27. The minimum Gasteiger partial charge on any atom is -0.376 e. The Morgan fingerprint density at radius 2 is 2.18 bits per heavy atom. The molecule has 2 nitrogen and oxygen atoms in total. The summed E-state index contributed by atoms with van der Waals surface area (Å²) in [6.45, 7) is 6.41. The van der Waals surface area contributed by atoms with Gasteiger partial charge in [-0.05, 0) is 44.5 Å². The van der Waals surface area contributed by atoms with Crippen LogP contribution in [0.2, 0.25) is 0 Å². The van der Waals surface area contributed by atoms with Crippen molar-refractivity contribution >= 4 is 17.0 Å². The van der Waals surface area contributed by atoms with E-state index in [9.17, 15) is 0 Å². The van der Waals surface area contributed by atoms with E-state index in [2.05, 4.69) is 42.3 Å². The third-order valence-electron chi connectivity index (χ3n) is 2.84. The van der Waals surface area contributed by atoms with Gasteiger partial charge in [0.05, 0.1) is 17.4 Å². The van der Waals surface area contributed by atoms with Gasteiger partial charge in [0.15, 0.2) is 0 Å². The lowest BCUT2D eigenvalue weighted by Crippen LogP contribution is -2.06. The van der Waals surface area contributed by atoms with Crippen molar-refractivity contribution in [1.29, 1.82) is 0 Å². The van der Waals surface area contributed by atoms with Crippen molar-refractivity contribution < 1.29 is 0 Å². The number of pyridine rings is 1. The van der Waals surface area contributed by atoms with Gasteiger partial charge in [-0.25, -0.2) is 0 Å². The average Bonchev–Trinajstić information content (AvgIpc) is 2.81. The minimum atomic E-state index is 0.336. The number of thiophene rings is 1. The van der Waals surface area contributed by atoms with E-state index in [1.807, 2.05) is 30.5 Å². The number of aryl methyl sites for hydroxylation is 2. The van der Waals surface area contributed by atoms with Gasteiger partial charge in [-0.3, -0.25) is 4.98 Å². The summed E-state index contributed by atoms with van der Waals surface area (Å²) in [5, 5.41) is 3.51. The van der Waals surface area contributed by atoms with Crippen LogP contribution in [-0.2, 0) is 6.42 Å². The number of anilines is 1. The molecule has 0 fully saturated rings. The fraction of sp³-hybridized carbons (Fsp3) is 0.357. The Kier molecular flexibility index (Phi) is 3.79. The quantitative estimate of drug-likeness (QED) is 0.875. The van der Waals surface area contributed by atoms with Crippen molar-refractivity contribution in [3.8, 4) is 0 Å². The van der Waals surface area contributed by atoms with Gasteiger partial charge in [-0.2, -0.15) is 0 Å². The molecule has 0 saturated heterocycles. The minimum absolute atomic E-state index is 0.336. The summed E-state index contributed by atoms with van der Waals surface area (Å²) in [6.07, 6.45) is 2.94. The van der Waals surface area contributed by atoms with E-state index in [4.69, 9.17) is 0 Å². The SMILES string of the molecule is CCc1ccc(C(C)Nc2cccnc2C)s1. The van der Waals surface area contributed by atoms with E-state index in [1.165, 1.54) is 9.75 Å². The van der Waals surface area contributed by atoms with Crippen molar-refractivity contribution in [2.75, 3.05) is 5.32 Å². The molecule has 0 aromatic carbocycles. The Labute approximate surface area is 107 Å². The fourth-order valence-corrected chi connectivity index (χ4v) is 2.71. The summed E-state index contributed by atoms with van der Waals surface area (Å²) in [5.74, 6) is 0. The van der Waals surface area contributed by atoms with Gasteiger partial charge in [0.25, 0.3) is 0 Å². The maximum atomic E-state index is 4.29. The number of aromatic nitrogens is 1. The van der Waals surface area contributed by atoms with Crippen molar-refractivity contribution in [2.24, 2.45) is 0 Å². The average molecular weight is 246 g/mol. The van der Waals surface area contributed by atoms with Crippen LogP contribution in [0.4, 0.5) is 5.69 Å². The van der Waals surface area contributed by atoms with Crippen molar-refractivity contribution in [1.82, 2.24) is 4.98 Å². The second kappa shape index (κ2) is 5.32. The lowest BCUT2D eigenvalue weighted by molar-refractivity contribution is 0.901. The Bertz CT molecular complexity index is 490. The third-order valence-corrected chi connectivity index (χ3v) is 4.25. The summed E-state index contributed by atoms with van der Waals surface area (Å²) in [4.78, 5) is 7.11. The Morgan fingerprint density at radius 1 is 1.35 bits per heavy atom. The van der Waals surface area contributed by atoms with Crippen LogP contribution < -0.4 is 5.32 Å². The standard InChI is InChI=1S/C14H18N2S/c1-4-12-7-8-14(17-12)11(3)16-13-6-5-9-15-10(13)2/h5-9,11,16H,4H2,1-3H3. The van der Waals surface area contributed by atoms with E-state index in [-0.39, 0.29) is 0 Å². The van der Waals surface area contributed by atoms with Crippen LogP contribution in [0.1, 0.15) is 35.3 Å². The molecular weight excluding hydrogens is 228 g/mol. The molecule has 1 atom stereocenters. The maximum Gasteiger partial charge on any atom is 0.0603 e. The second-order valence-corrected chi connectivity index (χ2v) is 5.36. The monoisotopic (exact) mass is 246 g/mol. The van der Waals surface area contributed by atoms with Crippen LogP contribution in [0.25, 0.3) is 0 Å². The molecular formula is C14H18N2S. The first-order chi connectivity index (χ1) is 8.20. The van der Waals surface area contributed by atoms with Gasteiger partial charge in [-0.1, -0.05) is 6.92 Å². The number of nitrogens with zero attached hydrogens (tertiary/aromatic N) is 1. The van der Waals surface area contributed by atoms with Crippen LogP contribution in [-0.4, -0.2) is 4.98 Å². The van der Waals surface area contributed by atoms with Gasteiger partial charge >= 0.3 is 0 Å². The molecule has 0 radical (unpaired) electrons. The highest BCUT2D eigenvalue weighted by Gasteiger charge is 2.09. The topological polar surface area (TPSA) is 24.9 Å². The van der Waals surface area contributed by atoms with Crippen LogP contribution in [0.5, 0.6) is 0 Å². The number of rotatable bonds is 4. The van der Waals surface area contributed by atoms with Gasteiger partial charge in [-0.15, -0.1) is 11.3 Å². The van der Waals surface area contributed by atoms with Gasteiger partial charge in [0.1, 0.15) is 0 Å². The molecule has 0 amide bonds. The normalized spacial score (nSPS) is 12.4. The molecule has 2 heterocycles. The number of hydrogen-bond acceptors (Lipinski definition) is 3. The molecule has 2 aromatic rings. The first-order valence-electron chi connectivity index (χ1n) is 5.97. The van der Waals surface area contributed by atoms with E-state index in [0.717, 1.165) is 17.8 Å². The summed E-state index contributed by atoms with van der Waals surface area (Å²) < 4.78 is 0. The highest BCUT2D eigenvalue weighted by molar-refractivity contribution is 7.12. The lowest BCUT2D eigenvalue weighted by atomic mass is 10.2. The zero-order valence-corrected chi connectivity index (χ0v) is 11.3. The largest absolute Gasteiger partial charge is 0.376 e. The van der Waals surface area contributed by atoms with Crippen molar-refractivity contribution in [3.05, 3.63) is 45.9 Å². The Hall–Kier alpha value is -1.35. The van der Waals surface area contributed by atoms with E-state index in [1.54, 1.807) is 0 Å². The van der Waals surface area contributed by atoms with Gasteiger partial charge in [0.2, 0.25) is 0 Å². The van der Waals surface area contributed by atoms with Crippen LogP contribution in [0.3, 0.4) is 0 Å². The molecule has 3 heteroatoms. The van der Waals surface area contributed by atoms with E-state index in [0.29, 0.717) is 6.04 Å². The molecule has 0 spiro atoms. The molecule has 0 aliphatic heterocycles. The van der Waals surface area contributed by atoms with Crippen LogP contribution in [0, 0.1) is 6.92 Å². The fourth-order valence-electron chi connectivity index (χ4n) is 1.76. The lowest BCUT2D eigenvalue weighted by Gasteiger charge is -2.14. The summed E-state index contributed by atoms with van der Waals surface area (Å²) in [5.41, 5.74) is 2.16. The highest BCUT2D eigenvalue weighted by atomic mass is 32.1. The van der Waals surface area contributed by atoms with E-state index < -0.39 is 0 Å². The van der Waals surface area contributed by atoms with Gasteiger partial charge < -0.3 is 5.32 Å². The first kappa shape index (κ1) is 12.1. The maximum absolute atomic E-state index is 4.29. The Balaban J connectivity index is 2.11. The summed E-state index contributed by atoms with van der Waals surface area (Å²) in [7, 11) is 0. The second-order valence-electron chi connectivity index (χ2n) is 4.16. The first-order valence-corrected chi connectivity index (χ1v) is 6.79. The number of nitrogens with one attached hydrogen (secondary N) is 1. The molecule has 2 aromatic heterocycles. The zero-order valence-electron chi connectivity index (χ0n) is 10.5. The molecule has 1 N–H and O–H groups in total.